The number of rotatable bonds is 0. The Morgan fingerprint density at radius 1 is 0.895 bits per heavy atom. The molecule has 1 fully saturated rings. The predicted molar refractivity (Wildman–Crippen MR) is 79.5 cm³/mol. The minimum atomic E-state index is -1.54. The summed E-state index contributed by atoms with van der Waals surface area (Å²) in [6.45, 7) is 0. The number of ketones is 2. The van der Waals surface area contributed by atoms with E-state index < -0.39 is 25.4 Å². The topological polar surface area (TPSA) is 34.1 Å². The van der Waals surface area contributed by atoms with E-state index in [1.807, 2.05) is 0 Å². The first-order valence-corrected chi connectivity index (χ1v) is 7.87. The highest BCUT2D eigenvalue weighted by atomic mass is 79.9. The van der Waals surface area contributed by atoms with Crippen LogP contribution in [0.4, 0.5) is 0 Å². The summed E-state index contributed by atoms with van der Waals surface area (Å²) < 4.78 is -1.52. The lowest BCUT2D eigenvalue weighted by Gasteiger charge is -2.35. The third-order valence-corrected chi connectivity index (χ3v) is 9.14. The fourth-order valence-corrected chi connectivity index (χ4v) is 6.63. The van der Waals surface area contributed by atoms with E-state index in [-0.39, 0.29) is 21.6 Å². The fourth-order valence-electron chi connectivity index (χ4n) is 3.07. The lowest BCUT2D eigenvalue weighted by atomic mass is 9.74. The molecule has 0 amide bonds. The van der Waals surface area contributed by atoms with Crippen LogP contribution in [0.25, 0.3) is 0 Å². The first-order chi connectivity index (χ1) is 8.61. The van der Waals surface area contributed by atoms with Crippen LogP contribution in [0.15, 0.2) is 22.2 Å². The van der Waals surface area contributed by atoms with Crippen molar-refractivity contribution in [3.63, 3.8) is 0 Å². The second-order valence-corrected chi connectivity index (χ2v) is 8.88. The molecule has 5 atom stereocenters. The predicted octanol–water partition coefficient (Wildman–Crippen LogP) is 3.93. The lowest BCUT2D eigenvalue weighted by Crippen LogP contribution is -2.46. The molecule has 0 saturated heterocycles. The Morgan fingerprint density at radius 3 is 1.53 bits per heavy atom. The molecule has 19 heavy (non-hydrogen) atoms. The Bertz CT molecular complexity index is 550. The monoisotopic (exact) mass is 422 g/mol. The summed E-state index contributed by atoms with van der Waals surface area (Å²) in [4.78, 5) is 21.1. The first kappa shape index (κ1) is 14.7. The van der Waals surface area contributed by atoms with Crippen molar-refractivity contribution >= 4 is 85.5 Å². The molecule has 0 aliphatic heterocycles. The molecule has 3 rings (SSSR count). The van der Waals surface area contributed by atoms with E-state index in [4.69, 9.17) is 58.0 Å². The van der Waals surface area contributed by atoms with Crippen LogP contribution >= 0.6 is 73.9 Å². The van der Waals surface area contributed by atoms with Crippen LogP contribution in [0.1, 0.15) is 0 Å². The minimum Gasteiger partial charge on any atom is -0.294 e. The molecule has 1 saturated carbocycles. The van der Waals surface area contributed by atoms with E-state index in [1.54, 1.807) is 0 Å². The number of fused-ring (bicyclic) bond motifs is 5. The van der Waals surface area contributed by atoms with Crippen LogP contribution < -0.4 is 0 Å². The molecule has 0 aromatic carbocycles. The minimum absolute atomic E-state index is 0.00964. The molecule has 8 heteroatoms. The van der Waals surface area contributed by atoms with Gasteiger partial charge < -0.3 is 0 Å². The Labute approximate surface area is 142 Å². The van der Waals surface area contributed by atoms with Crippen LogP contribution in [0.3, 0.4) is 0 Å². The van der Waals surface area contributed by atoms with Gasteiger partial charge in [-0.2, -0.15) is 0 Å². The zero-order valence-electron chi connectivity index (χ0n) is 8.89. The largest absolute Gasteiger partial charge is 0.294 e. The van der Waals surface area contributed by atoms with Crippen molar-refractivity contribution in [1.82, 2.24) is 0 Å². The Hall–Kier alpha value is 0.750. The van der Waals surface area contributed by atoms with E-state index in [1.165, 1.54) is 12.2 Å². The van der Waals surface area contributed by atoms with Gasteiger partial charge >= 0.3 is 0 Å². The van der Waals surface area contributed by atoms with Crippen molar-refractivity contribution < 1.29 is 9.59 Å². The molecule has 0 aromatic rings. The van der Waals surface area contributed by atoms with Crippen molar-refractivity contribution in [3.8, 4) is 0 Å². The molecule has 0 N–H and O–H groups in total. The van der Waals surface area contributed by atoms with E-state index in [0.717, 1.165) is 0 Å². The summed E-state index contributed by atoms with van der Waals surface area (Å²) in [6.07, 6.45) is 2.35. The fraction of sp³-hybridized carbons (Fsp3) is 0.455. The summed E-state index contributed by atoms with van der Waals surface area (Å²) in [7, 11) is 0. The number of carbonyl (C=O) groups excluding carboxylic acids is 2. The second kappa shape index (κ2) is 3.93. The van der Waals surface area contributed by atoms with Crippen molar-refractivity contribution in [1.29, 1.82) is 0 Å². The zero-order chi connectivity index (χ0) is 14.4. The van der Waals surface area contributed by atoms with E-state index in [0.29, 0.717) is 0 Å². The van der Waals surface area contributed by atoms with Gasteiger partial charge in [0.1, 0.15) is 13.5 Å². The third kappa shape index (κ3) is 1.29. The van der Waals surface area contributed by atoms with Gasteiger partial charge in [0.25, 0.3) is 0 Å². The van der Waals surface area contributed by atoms with Crippen molar-refractivity contribution in [2.45, 2.75) is 13.5 Å². The maximum atomic E-state index is 12.1. The van der Waals surface area contributed by atoms with E-state index >= 15 is 0 Å². The number of alkyl halides is 4. The molecule has 3 aliphatic rings. The molecule has 2 nitrogen and oxygen atoms in total. The van der Waals surface area contributed by atoms with Crippen LogP contribution in [0.2, 0.25) is 0 Å². The maximum Gasteiger partial charge on any atom is 0.161 e. The van der Waals surface area contributed by atoms with Gasteiger partial charge in [0.2, 0.25) is 0 Å². The molecule has 102 valence electrons. The van der Waals surface area contributed by atoms with Crippen molar-refractivity contribution in [2.75, 3.05) is 0 Å². The summed E-state index contributed by atoms with van der Waals surface area (Å²) >= 11 is 35.0. The third-order valence-electron chi connectivity index (χ3n) is 3.96. The van der Waals surface area contributed by atoms with Crippen LogP contribution in [-0.2, 0) is 9.59 Å². The number of hydrogen-bond donors (Lipinski definition) is 0. The smallest absolute Gasteiger partial charge is 0.161 e. The van der Waals surface area contributed by atoms with Gasteiger partial charge in [-0.15, -0.1) is 34.8 Å². The van der Waals surface area contributed by atoms with Gasteiger partial charge in [0.05, 0.1) is 21.9 Å². The summed E-state index contributed by atoms with van der Waals surface area (Å²) in [6, 6.07) is 0. The maximum absolute atomic E-state index is 12.1. The Kier molecular flexibility index (Phi) is 3.04. The van der Waals surface area contributed by atoms with Crippen LogP contribution in [0, 0.1) is 11.8 Å². The highest BCUT2D eigenvalue weighted by Crippen LogP contribution is 2.77. The average molecular weight is 425 g/mol. The second-order valence-electron chi connectivity index (χ2n) is 4.72. The molecule has 0 spiro atoms. The van der Waals surface area contributed by atoms with Gasteiger partial charge in [0, 0.05) is 0 Å². The number of allylic oxidation sites excluding steroid dienone is 4. The van der Waals surface area contributed by atoms with Crippen LogP contribution in [0.5, 0.6) is 0 Å². The number of carbonyl (C=O) groups is 2. The molecule has 0 heterocycles. The summed E-state index contributed by atoms with van der Waals surface area (Å²) in [5.74, 6) is -2.55. The first-order valence-electron chi connectivity index (χ1n) is 5.19. The summed E-state index contributed by atoms with van der Waals surface area (Å²) in [5.41, 5.74) is 0. The van der Waals surface area contributed by atoms with Crippen LogP contribution in [-0.4, -0.2) is 25.1 Å². The van der Waals surface area contributed by atoms with Gasteiger partial charge in [-0.05, 0) is 12.2 Å². The van der Waals surface area contributed by atoms with Crippen molar-refractivity contribution in [2.24, 2.45) is 11.8 Å². The van der Waals surface area contributed by atoms with Gasteiger partial charge in [-0.25, -0.2) is 0 Å². The molecule has 0 radical (unpaired) electrons. The van der Waals surface area contributed by atoms with Gasteiger partial charge in [-0.1, -0.05) is 39.1 Å². The lowest BCUT2D eigenvalue weighted by molar-refractivity contribution is -0.128. The Morgan fingerprint density at radius 2 is 1.21 bits per heavy atom. The molecule has 3 unspecified atom stereocenters. The number of halogens is 6. The van der Waals surface area contributed by atoms with E-state index in [2.05, 4.69) is 15.9 Å². The molecule has 2 bridgehead atoms. The van der Waals surface area contributed by atoms with Gasteiger partial charge in [0.15, 0.2) is 11.6 Å². The Balaban J connectivity index is 2.38. The van der Waals surface area contributed by atoms with E-state index in [9.17, 15) is 9.59 Å². The molecule has 0 aromatic heterocycles. The highest BCUT2D eigenvalue weighted by molar-refractivity contribution is 9.10. The molecular formula is C11H4BrCl5O2. The molecule has 3 aliphatic carbocycles. The number of hydrogen-bond acceptors (Lipinski definition) is 2. The standard InChI is InChI=1S/C11H4BrCl5O2/c12-11(17)9(15)5-3(18)1-2-4(19)6(5)10(11,16)8(14)7(9)13/h1-2,5-6H/t5?,6?,9-,10+,11?. The average Bonchev–Trinajstić information content (AvgIpc) is 2.55. The van der Waals surface area contributed by atoms with Gasteiger partial charge in [-0.3, -0.25) is 9.59 Å². The summed E-state index contributed by atoms with van der Waals surface area (Å²) in [5, 5.41) is 0.0193. The normalized spacial score (nSPS) is 52.1. The molecular weight excluding hydrogens is 421 g/mol. The van der Waals surface area contributed by atoms with Crippen molar-refractivity contribution in [3.05, 3.63) is 22.2 Å². The zero-order valence-corrected chi connectivity index (χ0v) is 14.3. The highest BCUT2D eigenvalue weighted by Gasteiger charge is 2.84. The quantitative estimate of drug-likeness (QED) is 0.552. The SMILES string of the molecule is O=C1C=CC(=O)C2C1[C@]1(Cl)C(Cl)=C(Cl)[C@@]2(Cl)C1(Cl)Br.